The first-order valence-corrected chi connectivity index (χ1v) is 8.43. The topological polar surface area (TPSA) is 26.3 Å². The van der Waals surface area contributed by atoms with Crippen LogP contribution >= 0.6 is 0 Å². The Kier molecular flexibility index (Phi) is 5.97. The minimum Gasteiger partial charge on any atom is -0.461 e. The molecule has 0 saturated carbocycles. The van der Waals surface area contributed by atoms with E-state index in [1.165, 1.54) is 18.1 Å². The lowest BCUT2D eigenvalue weighted by molar-refractivity contribution is -0.149. The summed E-state index contributed by atoms with van der Waals surface area (Å²) in [5, 5.41) is 0. The number of carbonyl (C=O) groups is 1. The normalized spacial score (nSPS) is 12.7. The predicted molar refractivity (Wildman–Crippen MR) is 94.4 cm³/mol. The molecule has 0 aliphatic rings. The van der Waals surface area contributed by atoms with E-state index in [-0.39, 0.29) is 17.5 Å². The van der Waals surface area contributed by atoms with Crippen molar-refractivity contribution in [1.82, 2.24) is 0 Å². The van der Waals surface area contributed by atoms with E-state index in [4.69, 9.17) is 4.74 Å². The molecule has 0 aromatic heterocycles. The molecule has 2 rings (SSSR count). The van der Waals surface area contributed by atoms with Gasteiger partial charge in [0.1, 0.15) is 6.10 Å². The lowest BCUT2D eigenvalue weighted by atomic mass is 9.66. The molecule has 0 aliphatic carbocycles. The summed E-state index contributed by atoms with van der Waals surface area (Å²) in [5.41, 5.74) is 2.11. The monoisotopic (exact) mass is 310 g/mol. The average molecular weight is 310 g/mol. The maximum absolute atomic E-state index is 11.7. The summed E-state index contributed by atoms with van der Waals surface area (Å²) in [6.45, 7) is 5.76. The highest BCUT2D eigenvalue weighted by Crippen LogP contribution is 2.42. The molecule has 2 heteroatoms. The van der Waals surface area contributed by atoms with Crippen molar-refractivity contribution in [1.29, 1.82) is 0 Å². The molecule has 2 nitrogen and oxygen atoms in total. The van der Waals surface area contributed by atoms with Crippen LogP contribution in [0.25, 0.3) is 0 Å². The van der Waals surface area contributed by atoms with Gasteiger partial charge in [0, 0.05) is 6.92 Å². The Balaban J connectivity index is 2.66. The molecule has 0 heterocycles. The van der Waals surface area contributed by atoms with E-state index in [1.807, 2.05) is 12.1 Å². The molecular weight excluding hydrogens is 284 g/mol. The van der Waals surface area contributed by atoms with Gasteiger partial charge in [0.2, 0.25) is 0 Å². The first-order chi connectivity index (χ1) is 11.1. The van der Waals surface area contributed by atoms with Crippen LogP contribution in [0.4, 0.5) is 0 Å². The fourth-order valence-electron chi connectivity index (χ4n) is 3.59. The number of carbonyl (C=O) groups excluding carboxylic acids is 1. The fourth-order valence-corrected chi connectivity index (χ4v) is 3.59. The van der Waals surface area contributed by atoms with Crippen molar-refractivity contribution in [2.24, 2.45) is 0 Å². The van der Waals surface area contributed by atoms with Crippen molar-refractivity contribution in [2.45, 2.75) is 51.6 Å². The third-order valence-corrected chi connectivity index (χ3v) is 4.45. The van der Waals surface area contributed by atoms with Gasteiger partial charge in [0.05, 0.1) is 5.41 Å². The second kappa shape index (κ2) is 7.96. The largest absolute Gasteiger partial charge is 0.461 e. The van der Waals surface area contributed by atoms with Gasteiger partial charge in [0.15, 0.2) is 0 Å². The molecule has 0 aliphatic heterocycles. The molecule has 0 saturated heterocycles. The minimum atomic E-state index is -0.308. The van der Waals surface area contributed by atoms with Gasteiger partial charge in [-0.05, 0) is 24.0 Å². The lowest BCUT2D eigenvalue weighted by Gasteiger charge is -2.41. The number of hydrogen-bond donors (Lipinski definition) is 0. The number of hydrogen-bond acceptors (Lipinski definition) is 2. The number of benzene rings is 2. The number of ether oxygens (including phenoxy) is 1. The van der Waals surface area contributed by atoms with E-state index >= 15 is 0 Å². The molecule has 0 amide bonds. The van der Waals surface area contributed by atoms with Crippen LogP contribution in [0.15, 0.2) is 60.7 Å². The van der Waals surface area contributed by atoms with Gasteiger partial charge in [-0.15, -0.1) is 0 Å². The van der Waals surface area contributed by atoms with Gasteiger partial charge in [-0.3, -0.25) is 4.79 Å². The molecule has 1 atom stereocenters. The summed E-state index contributed by atoms with van der Waals surface area (Å²) >= 11 is 0. The summed E-state index contributed by atoms with van der Waals surface area (Å²) < 4.78 is 5.79. The van der Waals surface area contributed by atoms with Crippen molar-refractivity contribution in [2.75, 3.05) is 0 Å². The zero-order chi connectivity index (χ0) is 16.7. The van der Waals surface area contributed by atoms with Crippen LogP contribution in [0.3, 0.4) is 0 Å². The van der Waals surface area contributed by atoms with Gasteiger partial charge in [-0.25, -0.2) is 0 Å². The van der Waals surface area contributed by atoms with Crippen LogP contribution in [0, 0.1) is 0 Å². The summed E-state index contributed by atoms with van der Waals surface area (Å²) in [4.78, 5) is 11.7. The Morgan fingerprint density at radius 2 is 1.43 bits per heavy atom. The summed E-state index contributed by atoms with van der Waals surface area (Å²) in [6, 6.07) is 20.9. The molecule has 0 N–H and O–H groups in total. The zero-order valence-corrected chi connectivity index (χ0v) is 14.3. The Bertz CT molecular complexity index is 565. The third-order valence-electron chi connectivity index (χ3n) is 4.45. The lowest BCUT2D eigenvalue weighted by Crippen LogP contribution is -2.43. The van der Waals surface area contributed by atoms with Gasteiger partial charge in [-0.2, -0.15) is 0 Å². The molecule has 2 aromatic carbocycles. The molecule has 0 radical (unpaired) electrons. The van der Waals surface area contributed by atoms with Crippen molar-refractivity contribution < 1.29 is 9.53 Å². The highest BCUT2D eigenvalue weighted by molar-refractivity contribution is 5.66. The fraction of sp³-hybridized carbons (Fsp3) is 0.381. The van der Waals surface area contributed by atoms with Crippen LogP contribution in [-0.4, -0.2) is 12.1 Å². The molecule has 122 valence electrons. The molecule has 1 unspecified atom stereocenters. The molecule has 0 bridgehead atoms. The number of esters is 1. The van der Waals surface area contributed by atoms with Crippen molar-refractivity contribution in [3.63, 3.8) is 0 Å². The van der Waals surface area contributed by atoms with E-state index in [1.54, 1.807) is 0 Å². The maximum atomic E-state index is 11.7. The van der Waals surface area contributed by atoms with Crippen LogP contribution < -0.4 is 0 Å². The van der Waals surface area contributed by atoms with E-state index < -0.39 is 0 Å². The molecule has 0 fully saturated rings. The second-order valence-electron chi connectivity index (χ2n) is 5.96. The predicted octanol–water partition coefficient (Wildman–Crippen LogP) is 5.11. The average Bonchev–Trinajstić information content (AvgIpc) is 2.59. The first kappa shape index (κ1) is 17.3. The van der Waals surface area contributed by atoms with Crippen molar-refractivity contribution in [3.05, 3.63) is 71.8 Å². The van der Waals surface area contributed by atoms with Crippen LogP contribution in [0.5, 0.6) is 0 Å². The van der Waals surface area contributed by atoms with Crippen LogP contribution in [-0.2, 0) is 14.9 Å². The smallest absolute Gasteiger partial charge is 0.302 e. The van der Waals surface area contributed by atoms with Crippen LogP contribution in [0.1, 0.15) is 51.2 Å². The summed E-state index contributed by atoms with van der Waals surface area (Å²) in [5.74, 6) is -0.218. The van der Waals surface area contributed by atoms with Gasteiger partial charge in [-0.1, -0.05) is 80.9 Å². The van der Waals surface area contributed by atoms with E-state index in [0.29, 0.717) is 0 Å². The SMILES string of the molecule is CCCC(c1ccccc1)(c1ccccc1)C(CC)OC(C)=O. The number of rotatable bonds is 7. The van der Waals surface area contributed by atoms with Crippen molar-refractivity contribution in [3.8, 4) is 0 Å². The Hall–Kier alpha value is -2.09. The molecule has 0 spiro atoms. The van der Waals surface area contributed by atoms with Gasteiger partial charge in [0.25, 0.3) is 0 Å². The third kappa shape index (κ3) is 3.64. The van der Waals surface area contributed by atoms with Gasteiger partial charge >= 0.3 is 5.97 Å². The van der Waals surface area contributed by atoms with Gasteiger partial charge < -0.3 is 4.74 Å². The molecule has 23 heavy (non-hydrogen) atoms. The second-order valence-corrected chi connectivity index (χ2v) is 5.96. The summed E-state index contributed by atoms with van der Waals surface area (Å²) in [6.07, 6.45) is 2.56. The first-order valence-electron chi connectivity index (χ1n) is 8.43. The Morgan fingerprint density at radius 1 is 0.957 bits per heavy atom. The van der Waals surface area contributed by atoms with E-state index in [0.717, 1.165) is 19.3 Å². The molecule has 2 aromatic rings. The van der Waals surface area contributed by atoms with Crippen molar-refractivity contribution >= 4 is 5.97 Å². The quantitative estimate of drug-likeness (QED) is 0.664. The minimum absolute atomic E-state index is 0.176. The van der Waals surface area contributed by atoms with E-state index in [9.17, 15) is 4.79 Å². The highest BCUT2D eigenvalue weighted by Gasteiger charge is 2.42. The maximum Gasteiger partial charge on any atom is 0.302 e. The Morgan fingerprint density at radius 3 is 1.78 bits per heavy atom. The van der Waals surface area contributed by atoms with Crippen LogP contribution in [0.2, 0.25) is 0 Å². The zero-order valence-electron chi connectivity index (χ0n) is 14.3. The standard InChI is InChI=1S/C21H26O2/c1-4-16-21(18-12-8-6-9-13-18,19-14-10-7-11-15-19)20(5-2)23-17(3)22/h6-15,20H,4-5,16H2,1-3H3. The summed E-state index contributed by atoms with van der Waals surface area (Å²) in [7, 11) is 0. The highest BCUT2D eigenvalue weighted by atomic mass is 16.5. The molecular formula is C21H26O2. The Labute approximate surface area is 139 Å². The van der Waals surface area contributed by atoms with E-state index in [2.05, 4.69) is 62.4 Å².